The van der Waals surface area contributed by atoms with Crippen LogP contribution < -0.4 is 5.32 Å². The largest absolute Gasteiger partial charge is 0.319 e. The van der Waals surface area contributed by atoms with Crippen molar-refractivity contribution < 1.29 is 4.79 Å². The summed E-state index contributed by atoms with van der Waals surface area (Å²) < 4.78 is 1.74. The third kappa shape index (κ3) is 2.93. The molecule has 2 heterocycles. The summed E-state index contributed by atoms with van der Waals surface area (Å²) >= 11 is 6.06. The van der Waals surface area contributed by atoms with Gasteiger partial charge in [0, 0.05) is 22.2 Å². The van der Waals surface area contributed by atoms with Gasteiger partial charge in [0.1, 0.15) is 0 Å². The van der Waals surface area contributed by atoms with E-state index in [1.165, 1.54) is 0 Å². The molecule has 0 aliphatic rings. The van der Waals surface area contributed by atoms with Gasteiger partial charge in [0.15, 0.2) is 0 Å². The number of halogens is 1. The number of pyridine rings is 1. The van der Waals surface area contributed by atoms with Gasteiger partial charge >= 0.3 is 0 Å². The number of nitrogens with one attached hydrogen (secondary N) is 1. The van der Waals surface area contributed by atoms with Crippen LogP contribution in [0.4, 0.5) is 5.69 Å². The van der Waals surface area contributed by atoms with E-state index in [9.17, 15) is 4.79 Å². The first-order valence-electron chi connectivity index (χ1n) is 8.09. The van der Waals surface area contributed by atoms with Crippen molar-refractivity contribution in [2.45, 2.75) is 6.92 Å². The zero-order chi connectivity index (χ0) is 18.1. The summed E-state index contributed by atoms with van der Waals surface area (Å²) in [6.07, 6.45) is 3.35. The molecule has 0 unspecified atom stereocenters. The lowest BCUT2D eigenvalue weighted by molar-refractivity contribution is 0.102. The molecule has 26 heavy (non-hydrogen) atoms. The average Bonchev–Trinajstić information content (AvgIpc) is 3.01. The van der Waals surface area contributed by atoms with Gasteiger partial charge in [0.05, 0.1) is 28.8 Å². The molecule has 1 N–H and O–H groups in total. The molecular weight excluding hydrogens is 348 g/mol. The Bertz CT molecular complexity index is 1110. The molecule has 0 fully saturated rings. The fourth-order valence-electron chi connectivity index (χ4n) is 2.89. The molecule has 4 rings (SSSR count). The SMILES string of the molecule is Cc1c(NC(=O)c2cccc3ncccc23)cnn1-c1cccc(Cl)c1. The number of anilines is 1. The molecule has 0 spiro atoms. The number of carbonyl (C=O) groups is 1. The van der Waals surface area contributed by atoms with E-state index < -0.39 is 0 Å². The van der Waals surface area contributed by atoms with Gasteiger partial charge in [-0.05, 0) is 43.3 Å². The van der Waals surface area contributed by atoms with E-state index in [0.29, 0.717) is 16.3 Å². The molecule has 0 aliphatic heterocycles. The van der Waals surface area contributed by atoms with E-state index in [1.54, 1.807) is 29.2 Å². The lowest BCUT2D eigenvalue weighted by Crippen LogP contribution is -2.13. The van der Waals surface area contributed by atoms with Crippen LogP contribution in [0.3, 0.4) is 0 Å². The monoisotopic (exact) mass is 362 g/mol. The number of nitrogens with zero attached hydrogens (tertiary/aromatic N) is 3. The van der Waals surface area contributed by atoms with Crippen molar-refractivity contribution >= 4 is 34.1 Å². The Morgan fingerprint density at radius 2 is 1.96 bits per heavy atom. The topological polar surface area (TPSA) is 59.8 Å². The van der Waals surface area contributed by atoms with E-state index in [0.717, 1.165) is 22.3 Å². The van der Waals surface area contributed by atoms with Crippen molar-refractivity contribution in [1.29, 1.82) is 0 Å². The van der Waals surface area contributed by atoms with Gasteiger partial charge in [-0.25, -0.2) is 4.68 Å². The Kier molecular flexibility index (Phi) is 4.14. The summed E-state index contributed by atoms with van der Waals surface area (Å²) in [6.45, 7) is 1.90. The number of amides is 1. The molecule has 1 amide bonds. The van der Waals surface area contributed by atoms with Gasteiger partial charge in [-0.15, -0.1) is 0 Å². The van der Waals surface area contributed by atoms with E-state index >= 15 is 0 Å². The lowest BCUT2D eigenvalue weighted by atomic mass is 10.1. The number of rotatable bonds is 3. The second-order valence-corrected chi connectivity index (χ2v) is 6.30. The maximum absolute atomic E-state index is 12.8. The minimum absolute atomic E-state index is 0.197. The fraction of sp³-hybridized carbons (Fsp3) is 0.0500. The van der Waals surface area contributed by atoms with Crippen molar-refractivity contribution in [3.8, 4) is 5.69 Å². The van der Waals surface area contributed by atoms with Crippen molar-refractivity contribution in [1.82, 2.24) is 14.8 Å². The predicted molar refractivity (Wildman–Crippen MR) is 103 cm³/mol. The molecule has 2 aromatic heterocycles. The van der Waals surface area contributed by atoms with Crippen LogP contribution in [0.5, 0.6) is 0 Å². The molecule has 0 atom stereocenters. The Balaban J connectivity index is 1.66. The first-order valence-corrected chi connectivity index (χ1v) is 8.47. The predicted octanol–water partition coefficient (Wildman–Crippen LogP) is 4.63. The number of hydrogen-bond donors (Lipinski definition) is 1. The van der Waals surface area contributed by atoms with Crippen molar-refractivity contribution in [3.63, 3.8) is 0 Å². The summed E-state index contributed by atoms with van der Waals surface area (Å²) in [5, 5.41) is 8.75. The number of hydrogen-bond acceptors (Lipinski definition) is 3. The summed E-state index contributed by atoms with van der Waals surface area (Å²) in [7, 11) is 0. The van der Waals surface area contributed by atoms with Crippen LogP contribution in [-0.2, 0) is 0 Å². The third-order valence-corrected chi connectivity index (χ3v) is 4.44. The maximum atomic E-state index is 12.8. The highest BCUT2D eigenvalue weighted by atomic mass is 35.5. The van der Waals surface area contributed by atoms with Crippen LogP contribution in [0, 0.1) is 6.92 Å². The molecular formula is C20H15ClN4O. The van der Waals surface area contributed by atoms with Crippen LogP contribution in [0.1, 0.15) is 16.1 Å². The van der Waals surface area contributed by atoms with Crippen LogP contribution in [0.15, 0.2) is 67.0 Å². The highest BCUT2D eigenvalue weighted by Crippen LogP contribution is 2.23. The van der Waals surface area contributed by atoms with Crippen molar-refractivity contribution in [2.24, 2.45) is 0 Å². The van der Waals surface area contributed by atoms with Gasteiger partial charge in [-0.2, -0.15) is 5.10 Å². The molecule has 0 aliphatic carbocycles. The van der Waals surface area contributed by atoms with Gasteiger partial charge in [-0.3, -0.25) is 9.78 Å². The first-order chi connectivity index (χ1) is 12.6. The quantitative estimate of drug-likeness (QED) is 0.577. The molecule has 0 saturated heterocycles. The Morgan fingerprint density at radius 1 is 1.12 bits per heavy atom. The molecule has 6 heteroatoms. The summed E-state index contributed by atoms with van der Waals surface area (Å²) in [5.41, 5.74) is 3.66. The van der Waals surface area contributed by atoms with Gasteiger partial charge in [0.2, 0.25) is 0 Å². The average molecular weight is 363 g/mol. The normalized spacial score (nSPS) is 10.8. The maximum Gasteiger partial charge on any atom is 0.256 e. The second-order valence-electron chi connectivity index (χ2n) is 5.87. The molecule has 5 nitrogen and oxygen atoms in total. The van der Waals surface area contributed by atoms with Crippen molar-refractivity contribution in [3.05, 3.63) is 83.3 Å². The minimum atomic E-state index is -0.197. The van der Waals surface area contributed by atoms with E-state index in [4.69, 9.17) is 11.6 Å². The third-order valence-electron chi connectivity index (χ3n) is 4.20. The van der Waals surface area contributed by atoms with Crippen LogP contribution in [0.25, 0.3) is 16.6 Å². The van der Waals surface area contributed by atoms with E-state index in [-0.39, 0.29) is 5.91 Å². The summed E-state index contributed by atoms with van der Waals surface area (Å²) in [6, 6.07) is 16.6. The molecule has 0 bridgehead atoms. The van der Waals surface area contributed by atoms with Crippen LogP contribution in [-0.4, -0.2) is 20.7 Å². The zero-order valence-electron chi connectivity index (χ0n) is 14.0. The second kappa shape index (κ2) is 6.61. The number of benzene rings is 2. The summed E-state index contributed by atoms with van der Waals surface area (Å²) in [4.78, 5) is 17.1. The first kappa shape index (κ1) is 16.3. The molecule has 0 saturated carbocycles. The standard InChI is InChI=1S/C20H15ClN4O/c1-13-19(12-23-25(13)15-6-2-5-14(21)11-15)24-20(26)17-7-3-9-18-16(17)8-4-10-22-18/h2-12H,1H3,(H,24,26). The Labute approximate surface area is 155 Å². The Hall–Kier alpha value is -3.18. The molecule has 0 radical (unpaired) electrons. The highest BCUT2D eigenvalue weighted by molar-refractivity contribution is 6.30. The molecule has 2 aromatic carbocycles. The van der Waals surface area contributed by atoms with Crippen molar-refractivity contribution in [2.75, 3.05) is 5.32 Å². The van der Waals surface area contributed by atoms with Gasteiger partial charge in [-0.1, -0.05) is 29.8 Å². The number of fused-ring (bicyclic) bond motifs is 1. The van der Waals surface area contributed by atoms with Gasteiger partial charge in [0.25, 0.3) is 5.91 Å². The highest BCUT2D eigenvalue weighted by Gasteiger charge is 2.14. The molecule has 128 valence electrons. The lowest BCUT2D eigenvalue weighted by Gasteiger charge is -2.08. The summed E-state index contributed by atoms with van der Waals surface area (Å²) in [5.74, 6) is -0.197. The minimum Gasteiger partial charge on any atom is -0.319 e. The molecule has 4 aromatic rings. The van der Waals surface area contributed by atoms with Gasteiger partial charge < -0.3 is 5.32 Å². The van der Waals surface area contributed by atoms with Crippen LogP contribution in [0.2, 0.25) is 5.02 Å². The zero-order valence-corrected chi connectivity index (χ0v) is 14.7. The number of aromatic nitrogens is 3. The van der Waals surface area contributed by atoms with Crippen LogP contribution >= 0.6 is 11.6 Å². The van der Waals surface area contributed by atoms with E-state index in [2.05, 4.69) is 15.4 Å². The smallest absolute Gasteiger partial charge is 0.256 e. The Morgan fingerprint density at radius 3 is 2.81 bits per heavy atom. The fourth-order valence-corrected chi connectivity index (χ4v) is 3.08. The van der Waals surface area contributed by atoms with E-state index in [1.807, 2.05) is 49.4 Å². The number of carbonyl (C=O) groups excluding carboxylic acids is 1.